The van der Waals surface area contributed by atoms with E-state index in [1.165, 1.54) is 0 Å². The van der Waals surface area contributed by atoms with Gasteiger partial charge >= 0.3 is 0 Å². The number of para-hydroxylation sites is 1. The first-order valence-electron chi connectivity index (χ1n) is 6.07. The maximum absolute atomic E-state index is 11.9. The van der Waals surface area contributed by atoms with Gasteiger partial charge in [-0.2, -0.15) is 0 Å². The molecule has 0 radical (unpaired) electrons. The van der Waals surface area contributed by atoms with Crippen molar-refractivity contribution in [2.45, 2.75) is 19.3 Å². The molecule has 0 bridgehead atoms. The van der Waals surface area contributed by atoms with Crippen LogP contribution in [0.2, 0.25) is 0 Å². The predicted octanol–water partition coefficient (Wildman–Crippen LogP) is 3.26. The van der Waals surface area contributed by atoms with E-state index in [1.807, 2.05) is 30.3 Å². The fraction of sp³-hybridized carbons (Fsp3) is 0.200. The Morgan fingerprint density at radius 2 is 1.89 bits per heavy atom. The number of aliphatic hydroxyl groups is 1. The molecule has 0 spiro atoms. The summed E-state index contributed by atoms with van der Waals surface area (Å²) in [6.45, 7) is 0. The molecule has 0 aliphatic heterocycles. The zero-order chi connectivity index (χ0) is 12.5. The van der Waals surface area contributed by atoms with Gasteiger partial charge in [0.25, 0.3) is 0 Å². The van der Waals surface area contributed by atoms with Gasteiger partial charge in [0, 0.05) is 18.2 Å². The van der Waals surface area contributed by atoms with Gasteiger partial charge in [0.1, 0.15) is 5.76 Å². The maximum atomic E-state index is 11.9. The average Bonchev–Trinajstić information content (AvgIpc) is 2.38. The summed E-state index contributed by atoms with van der Waals surface area (Å²) >= 11 is 0. The summed E-state index contributed by atoms with van der Waals surface area (Å²) < 4.78 is 0. The number of carbonyl (C=O) groups excluding carboxylic acids is 1. The van der Waals surface area contributed by atoms with E-state index in [0.717, 1.165) is 17.3 Å². The molecule has 2 aromatic rings. The summed E-state index contributed by atoms with van der Waals surface area (Å²) in [6, 6.07) is 11.5. The molecule has 0 fully saturated rings. The number of allylic oxidation sites excluding steroid dienone is 2. The standard InChI is InChI=1S/C15H13NO2/c17-13-6-3-7-14(18)15(13)12-9-8-10-4-1-2-5-11(10)16-12/h1-2,4-5,8-9,17H,3,6-7H2. The molecule has 1 heterocycles. The third-order valence-corrected chi connectivity index (χ3v) is 3.24. The van der Waals surface area contributed by atoms with E-state index in [9.17, 15) is 9.90 Å². The highest BCUT2D eigenvalue weighted by atomic mass is 16.3. The second-order valence-corrected chi connectivity index (χ2v) is 4.49. The van der Waals surface area contributed by atoms with Crippen molar-refractivity contribution < 1.29 is 9.90 Å². The van der Waals surface area contributed by atoms with Crippen molar-refractivity contribution in [2.75, 3.05) is 0 Å². The summed E-state index contributed by atoms with van der Waals surface area (Å²) in [5.41, 5.74) is 1.82. The Kier molecular flexibility index (Phi) is 2.59. The van der Waals surface area contributed by atoms with E-state index in [0.29, 0.717) is 24.1 Å². The van der Waals surface area contributed by atoms with Crippen molar-refractivity contribution in [2.24, 2.45) is 0 Å². The predicted molar refractivity (Wildman–Crippen MR) is 70.1 cm³/mol. The fourth-order valence-corrected chi connectivity index (χ4v) is 2.32. The zero-order valence-corrected chi connectivity index (χ0v) is 9.89. The molecule has 0 amide bonds. The number of hydrogen-bond donors (Lipinski definition) is 1. The van der Waals surface area contributed by atoms with Crippen LogP contribution in [0.25, 0.3) is 16.5 Å². The molecule has 1 aliphatic rings. The fourth-order valence-electron chi connectivity index (χ4n) is 2.32. The Balaban J connectivity index is 2.17. The highest BCUT2D eigenvalue weighted by Crippen LogP contribution is 2.28. The van der Waals surface area contributed by atoms with Crippen LogP contribution < -0.4 is 0 Å². The van der Waals surface area contributed by atoms with Crippen LogP contribution in [0.1, 0.15) is 25.0 Å². The van der Waals surface area contributed by atoms with Gasteiger partial charge in [-0.15, -0.1) is 0 Å². The molecule has 1 N–H and O–H groups in total. The van der Waals surface area contributed by atoms with Gasteiger partial charge in [-0.25, -0.2) is 4.98 Å². The van der Waals surface area contributed by atoms with Crippen molar-refractivity contribution in [3.8, 4) is 0 Å². The zero-order valence-electron chi connectivity index (χ0n) is 9.89. The number of hydrogen-bond acceptors (Lipinski definition) is 3. The molecular weight excluding hydrogens is 226 g/mol. The van der Waals surface area contributed by atoms with Crippen LogP contribution in [0, 0.1) is 0 Å². The molecule has 3 rings (SSSR count). The number of carbonyl (C=O) groups is 1. The van der Waals surface area contributed by atoms with Crippen LogP contribution in [-0.2, 0) is 4.79 Å². The van der Waals surface area contributed by atoms with E-state index < -0.39 is 0 Å². The second-order valence-electron chi connectivity index (χ2n) is 4.49. The van der Waals surface area contributed by atoms with Gasteiger partial charge in [-0.3, -0.25) is 4.79 Å². The molecule has 0 atom stereocenters. The van der Waals surface area contributed by atoms with Crippen LogP contribution >= 0.6 is 0 Å². The lowest BCUT2D eigenvalue weighted by molar-refractivity contribution is -0.114. The Hall–Kier alpha value is -2.16. The maximum Gasteiger partial charge on any atom is 0.168 e. The summed E-state index contributed by atoms with van der Waals surface area (Å²) in [7, 11) is 0. The van der Waals surface area contributed by atoms with Crippen LogP contribution in [0.4, 0.5) is 0 Å². The minimum atomic E-state index is -0.0125. The van der Waals surface area contributed by atoms with E-state index in [1.54, 1.807) is 6.07 Å². The minimum absolute atomic E-state index is 0.0125. The molecule has 90 valence electrons. The quantitative estimate of drug-likeness (QED) is 0.831. The van der Waals surface area contributed by atoms with Crippen LogP contribution in [-0.4, -0.2) is 15.9 Å². The van der Waals surface area contributed by atoms with E-state index in [2.05, 4.69) is 4.98 Å². The molecule has 1 aromatic carbocycles. The SMILES string of the molecule is O=C1CCCC(O)=C1c1ccc2ccccc2n1. The van der Waals surface area contributed by atoms with E-state index in [4.69, 9.17) is 0 Å². The summed E-state index contributed by atoms with van der Waals surface area (Å²) in [6.07, 6.45) is 1.78. The molecule has 0 unspecified atom stereocenters. The molecule has 0 saturated carbocycles. The lowest BCUT2D eigenvalue weighted by Gasteiger charge is -2.14. The Morgan fingerprint density at radius 3 is 2.72 bits per heavy atom. The third-order valence-electron chi connectivity index (χ3n) is 3.24. The Morgan fingerprint density at radius 1 is 1.06 bits per heavy atom. The van der Waals surface area contributed by atoms with Gasteiger partial charge in [-0.1, -0.05) is 24.3 Å². The number of aromatic nitrogens is 1. The van der Waals surface area contributed by atoms with Gasteiger partial charge in [-0.05, 0) is 18.6 Å². The summed E-state index contributed by atoms with van der Waals surface area (Å²) in [5, 5.41) is 10.9. The Bertz CT molecular complexity index is 658. The second kappa shape index (κ2) is 4.26. The third kappa shape index (κ3) is 1.78. The van der Waals surface area contributed by atoms with Crippen molar-refractivity contribution in [1.82, 2.24) is 4.98 Å². The molecule has 0 saturated heterocycles. The number of benzene rings is 1. The van der Waals surface area contributed by atoms with E-state index >= 15 is 0 Å². The van der Waals surface area contributed by atoms with Gasteiger partial charge in [0.15, 0.2) is 5.78 Å². The first-order chi connectivity index (χ1) is 8.75. The van der Waals surface area contributed by atoms with E-state index in [-0.39, 0.29) is 11.5 Å². The van der Waals surface area contributed by atoms with Crippen molar-refractivity contribution in [3.63, 3.8) is 0 Å². The number of fused-ring (bicyclic) bond motifs is 1. The highest BCUT2D eigenvalue weighted by Gasteiger charge is 2.22. The topological polar surface area (TPSA) is 50.2 Å². The average molecular weight is 239 g/mol. The van der Waals surface area contributed by atoms with Crippen molar-refractivity contribution in [3.05, 3.63) is 47.9 Å². The minimum Gasteiger partial charge on any atom is -0.511 e. The lowest BCUT2D eigenvalue weighted by atomic mass is 9.93. The van der Waals surface area contributed by atoms with Crippen LogP contribution in [0.15, 0.2) is 42.2 Å². The number of aliphatic hydroxyl groups excluding tert-OH is 1. The monoisotopic (exact) mass is 239 g/mol. The first-order valence-corrected chi connectivity index (χ1v) is 6.07. The van der Waals surface area contributed by atoms with Crippen molar-refractivity contribution >= 4 is 22.3 Å². The molecule has 18 heavy (non-hydrogen) atoms. The number of nitrogens with zero attached hydrogens (tertiary/aromatic N) is 1. The van der Waals surface area contributed by atoms with Crippen LogP contribution in [0.3, 0.4) is 0 Å². The van der Waals surface area contributed by atoms with Crippen LogP contribution in [0.5, 0.6) is 0 Å². The molecule has 1 aromatic heterocycles. The number of ketones is 1. The number of Topliss-reactive ketones (excluding diaryl/α,β-unsaturated/α-hetero) is 1. The van der Waals surface area contributed by atoms with Gasteiger partial charge in [0.2, 0.25) is 0 Å². The summed E-state index contributed by atoms with van der Waals surface area (Å²) in [5.74, 6) is 0.163. The molecule has 3 heteroatoms. The molecule has 3 nitrogen and oxygen atoms in total. The van der Waals surface area contributed by atoms with Gasteiger partial charge < -0.3 is 5.11 Å². The van der Waals surface area contributed by atoms with Crippen molar-refractivity contribution in [1.29, 1.82) is 0 Å². The highest BCUT2D eigenvalue weighted by molar-refractivity contribution is 6.21. The van der Waals surface area contributed by atoms with Gasteiger partial charge in [0.05, 0.1) is 16.8 Å². The Labute approximate surface area is 105 Å². The molecular formula is C15H13NO2. The normalized spacial score (nSPS) is 16.3. The molecule has 1 aliphatic carbocycles. The summed E-state index contributed by atoms with van der Waals surface area (Å²) in [4.78, 5) is 16.3. The lowest BCUT2D eigenvalue weighted by Crippen LogP contribution is -2.11. The smallest absolute Gasteiger partial charge is 0.168 e. The first kappa shape index (κ1) is 11.0. The number of rotatable bonds is 1. The number of pyridine rings is 1. The largest absolute Gasteiger partial charge is 0.511 e.